The van der Waals surface area contributed by atoms with Crippen LogP contribution in [-0.4, -0.2) is 43.9 Å². The van der Waals surface area contributed by atoms with Crippen molar-refractivity contribution in [2.75, 3.05) is 13.1 Å². The molecule has 7 nitrogen and oxygen atoms in total. The number of rotatable bonds is 3. The molecule has 0 bridgehead atoms. The number of aromatic nitrogens is 4. The molecule has 7 heteroatoms. The minimum atomic E-state index is -0.0577. The molecule has 1 N–H and O–H groups in total. The number of piperidine rings is 1. The number of carbonyl (C=O) groups is 1. The Morgan fingerprint density at radius 3 is 3.12 bits per heavy atom. The molecule has 0 saturated carbocycles. The number of hydrogen-bond donors (Lipinski definition) is 1. The molecule has 0 radical (unpaired) electrons. The number of nitrogens with one attached hydrogen (secondary N) is 1. The lowest BCUT2D eigenvalue weighted by Crippen LogP contribution is -2.41. The van der Waals surface area contributed by atoms with Crippen LogP contribution in [0.2, 0.25) is 0 Å². The summed E-state index contributed by atoms with van der Waals surface area (Å²) in [7, 11) is 0. The topological polar surface area (TPSA) is 80.0 Å². The molecule has 3 aromatic heterocycles. The molecular weight excluding hydrogens is 306 g/mol. The van der Waals surface area contributed by atoms with Crippen molar-refractivity contribution in [1.82, 2.24) is 24.9 Å². The first kappa shape index (κ1) is 14.7. The number of likely N-dealkylation sites (tertiary alicyclic amines) is 1. The molecule has 1 amide bonds. The number of amides is 1. The van der Waals surface area contributed by atoms with E-state index in [4.69, 9.17) is 4.42 Å². The van der Waals surface area contributed by atoms with Gasteiger partial charge >= 0.3 is 0 Å². The Kier molecular flexibility index (Phi) is 3.68. The largest absolute Gasteiger partial charge is 0.463 e. The van der Waals surface area contributed by atoms with E-state index in [0.717, 1.165) is 24.9 Å². The Labute approximate surface area is 139 Å². The highest BCUT2D eigenvalue weighted by atomic mass is 16.3. The van der Waals surface area contributed by atoms with Gasteiger partial charge in [-0.05, 0) is 37.5 Å². The maximum Gasteiger partial charge on any atom is 0.274 e. The Morgan fingerprint density at radius 1 is 1.46 bits per heavy atom. The average molecular weight is 325 g/mol. The maximum atomic E-state index is 12.7. The van der Waals surface area contributed by atoms with Gasteiger partial charge in [0.25, 0.3) is 5.91 Å². The number of furan rings is 1. The van der Waals surface area contributed by atoms with Crippen molar-refractivity contribution in [2.24, 2.45) is 0 Å². The molecule has 1 saturated heterocycles. The summed E-state index contributed by atoms with van der Waals surface area (Å²) in [5.41, 5.74) is 2.26. The molecule has 1 fully saturated rings. The van der Waals surface area contributed by atoms with Crippen molar-refractivity contribution < 1.29 is 9.21 Å². The van der Waals surface area contributed by atoms with Crippen molar-refractivity contribution in [1.29, 1.82) is 0 Å². The van der Waals surface area contributed by atoms with Crippen molar-refractivity contribution in [2.45, 2.75) is 25.8 Å². The van der Waals surface area contributed by atoms with Gasteiger partial charge in [-0.1, -0.05) is 0 Å². The summed E-state index contributed by atoms with van der Waals surface area (Å²) in [5, 5.41) is 11.4. The molecule has 0 unspecified atom stereocenters. The van der Waals surface area contributed by atoms with Crippen LogP contribution in [0.5, 0.6) is 0 Å². The van der Waals surface area contributed by atoms with E-state index < -0.39 is 0 Å². The lowest BCUT2D eigenvalue weighted by molar-refractivity contribution is 0.0667. The van der Waals surface area contributed by atoms with E-state index in [1.54, 1.807) is 18.4 Å². The van der Waals surface area contributed by atoms with E-state index in [1.165, 1.54) is 0 Å². The van der Waals surface area contributed by atoms with Crippen LogP contribution in [0.3, 0.4) is 0 Å². The number of aryl methyl sites for hydroxylation is 1. The van der Waals surface area contributed by atoms with Crippen LogP contribution in [0.25, 0.3) is 11.5 Å². The van der Waals surface area contributed by atoms with E-state index in [0.29, 0.717) is 23.7 Å². The quantitative estimate of drug-likeness (QED) is 0.803. The van der Waals surface area contributed by atoms with Gasteiger partial charge in [-0.3, -0.25) is 14.6 Å². The third kappa shape index (κ3) is 2.73. The minimum Gasteiger partial charge on any atom is -0.463 e. The van der Waals surface area contributed by atoms with Crippen molar-refractivity contribution in [3.05, 3.63) is 48.1 Å². The molecule has 3 aromatic rings. The first-order valence-electron chi connectivity index (χ1n) is 8.10. The molecule has 1 atom stereocenters. The Morgan fingerprint density at radius 2 is 2.38 bits per heavy atom. The molecule has 4 heterocycles. The van der Waals surface area contributed by atoms with Crippen molar-refractivity contribution in [3.63, 3.8) is 0 Å². The molecule has 4 rings (SSSR count). The number of hydrogen-bond acceptors (Lipinski definition) is 4. The summed E-state index contributed by atoms with van der Waals surface area (Å²) < 4.78 is 7.29. The number of aromatic amines is 1. The summed E-state index contributed by atoms with van der Waals surface area (Å²) in [6, 6.07) is 5.60. The van der Waals surface area contributed by atoms with Crippen LogP contribution in [0, 0.1) is 6.92 Å². The van der Waals surface area contributed by atoms with Gasteiger partial charge in [0.1, 0.15) is 5.69 Å². The first-order valence-corrected chi connectivity index (χ1v) is 8.10. The van der Waals surface area contributed by atoms with Gasteiger partial charge in [0, 0.05) is 25.4 Å². The van der Waals surface area contributed by atoms with E-state index in [1.807, 2.05) is 35.0 Å². The second-order valence-electron chi connectivity index (χ2n) is 6.19. The second-order valence-corrected chi connectivity index (χ2v) is 6.19. The zero-order chi connectivity index (χ0) is 16.5. The monoisotopic (exact) mass is 325 g/mol. The van der Waals surface area contributed by atoms with Crippen LogP contribution >= 0.6 is 0 Å². The van der Waals surface area contributed by atoms with Gasteiger partial charge in [-0.25, -0.2) is 0 Å². The Hall–Kier alpha value is -2.83. The molecular formula is C17H19N5O2. The minimum absolute atomic E-state index is 0.0577. The fourth-order valence-electron chi connectivity index (χ4n) is 3.14. The second kappa shape index (κ2) is 5.99. The zero-order valence-electron chi connectivity index (χ0n) is 13.5. The van der Waals surface area contributed by atoms with E-state index in [2.05, 4.69) is 15.3 Å². The third-order valence-corrected chi connectivity index (χ3v) is 4.37. The highest BCUT2D eigenvalue weighted by Crippen LogP contribution is 2.24. The smallest absolute Gasteiger partial charge is 0.274 e. The summed E-state index contributed by atoms with van der Waals surface area (Å²) in [6.45, 7) is 3.43. The maximum absolute atomic E-state index is 12.7. The van der Waals surface area contributed by atoms with E-state index >= 15 is 0 Å². The number of H-pyrrole nitrogens is 1. The molecule has 0 aromatic carbocycles. The van der Waals surface area contributed by atoms with Gasteiger partial charge in [-0.2, -0.15) is 10.2 Å². The zero-order valence-corrected chi connectivity index (χ0v) is 13.5. The standard InChI is InChI=1S/C17H19N5O2/c1-12-9-18-22(10-12)13-4-2-6-21(11-13)17(23)15-8-14(19-20-15)16-5-3-7-24-16/h3,5,7-10,13H,2,4,6,11H2,1H3,(H,19,20)/t13-/m0/s1. The summed E-state index contributed by atoms with van der Waals surface area (Å²) >= 11 is 0. The number of nitrogens with zero attached hydrogens (tertiary/aromatic N) is 4. The highest BCUT2D eigenvalue weighted by molar-refractivity contribution is 5.93. The van der Waals surface area contributed by atoms with Crippen LogP contribution in [0.1, 0.15) is 34.9 Å². The van der Waals surface area contributed by atoms with Crippen LogP contribution in [0.4, 0.5) is 0 Å². The van der Waals surface area contributed by atoms with Gasteiger partial charge < -0.3 is 9.32 Å². The predicted octanol–water partition coefficient (Wildman–Crippen LogP) is 2.65. The normalized spacial score (nSPS) is 18.0. The van der Waals surface area contributed by atoms with Crippen LogP contribution in [0.15, 0.2) is 41.3 Å². The Balaban J connectivity index is 1.50. The SMILES string of the molecule is Cc1cnn([C@H]2CCCN(C(=O)c3cc(-c4ccco4)[nH]n3)C2)c1. The van der Waals surface area contributed by atoms with Gasteiger partial charge in [0.2, 0.25) is 0 Å². The molecule has 0 aliphatic carbocycles. The lowest BCUT2D eigenvalue weighted by atomic mass is 10.1. The van der Waals surface area contributed by atoms with Gasteiger partial charge in [-0.15, -0.1) is 0 Å². The average Bonchev–Trinajstić information content (AvgIpc) is 3.34. The molecule has 1 aliphatic rings. The highest BCUT2D eigenvalue weighted by Gasteiger charge is 2.27. The van der Waals surface area contributed by atoms with Gasteiger partial charge in [0.15, 0.2) is 11.5 Å². The Bertz CT molecular complexity index is 833. The lowest BCUT2D eigenvalue weighted by Gasteiger charge is -2.32. The third-order valence-electron chi connectivity index (χ3n) is 4.37. The fourth-order valence-corrected chi connectivity index (χ4v) is 3.14. The van der Waals surface area contributed by atoms with Crippen LogP contribution in [-0.2, 0) is 0 Å². The van der Waals surface area contributed by atoms with E-state index in [9.17, 15) is 4.79 Å². The van der Waals surface area contributed by atoms with E-state index in [-0.39, 0.29) is 11.9 Å². The van der Waals surface area contributed by atoms with Crippen molar-refractivity contribution in [3.8, 4) is 11.5 Å². The number of carbonyl (C=O) groups excluding carboxylic acids is 1. The summed E-state index contributed by atoms with van der Waals surface area (Å²) in [4.78, 5) is 14.6. The molecule has 0 spiro atoms. The predicted molar refractivity (Wildman–Crippen MR) is 87.4 cm³/mol. The summed E-state index contributed by atoms with van der Waals surface area (Å²) in [5.74, 6) is 0.614. The molecule has 1 aliphatic heterocycles. The molecule has 24 heavy (non-hydrogen) atoms. The van der Waals surface area contributed by atoms with Crippen LogP contribution < -0.4 is 0 Å². The summed E-state index contributed by atoms with van der Waals surface area (Å²) in [6.07, 6.45) is 7.47. The fraction of sp³-hybridized carbons (Fsp3) is 0.353. The first-order chi connectivity index (χ1) is 11.7. The van der Waals surface area contributed by atoms with Crippen molar-refractivity contribution >= 4 is 5.91 Å². The van der Waals surface area contributed by atoms with Gasteiger partial charge in [0.05, 0.1) is 18.5 Å². The molecule has 124 valence electrons.